The second-order valence-corrected chi connectivity index (χ2v) is 8.59. The van der Waals surface area contributed by atoms with Crippen molar-refractivity contribution in [1.29, 1.82) is 0 Å². The number of nitrogens with one attached hydrogen (secondary N) is 1. The molecule has 1 amide bonds. The molecule has 6 nitrogen and oxygen atoms in total. The van der Waals surface area contributed by atoms with E-state index >= 15 is 0 Å². The molecular formula is C27H27N3O3S. The average Bonchev–Trinajstić information content (AvgIpc) is 3.48. The van der Waals surface area contributed by atoms with Crippen molar-refractivity contribution in [2.45, 2.75) is 13.5 Å². The highest BCUT2D eigenvalue weighted by Gasteiger charge is 2.20. The van der Waals surface area contributed by atoms with Gasteiger partial charge in [0.1, 0.15) is 16.5 Å². The Morgan fingerprint density at radius 3 is 2.35 bits per heavy atom. The molecule has 2 aromatic carbocycles. The lowest BCUT2D eigenvalue weighted by molar-refractivity contribution is 0.0957. The van der Waals surface area contributed by atoms with E-state index in [1.165, 1.54) is 0 Å². The summed E-state index contributed by atoms with van der Waals surface area (Å²) in [5.41, 5.74) is 5.36. The SMILES string of the molecule is C=CCNC(=O)c1cc(-c2csc(-c3ccc(OC)cc3)n2)n(Cc2ccc(OC)cc2)c1C. The lowest BCUT2D eigenvalue weighted by atomic mass is 10.2. The first-order chi connectivity index (χ1) is 16.5. The number of nitrogens with zero attached hydrogens (tertiary/aromatic N) is 2. The molecule has 0 unspecified atom stereocenters. The van der Waals surface area contributed by atoms with Crippen LogP contribution >= 0.6 is 11.3 Å². The van der Waals surface area contributed by atoms with Crippen LogP contribution in [0.15, 0.2) is 72.6 Å². The van der Waals surface area contributed by atoms with E-state index < -0.39 is 0 Å². The van der Waals surface area contributed by atoms with Crippen molar-refractivity contribution >= 4 is 17.2 Å². The van der Waals surface area contributed by atoms with Gasteiger partial charge in [-0.25, -0.2) is 4.98 Å². The summed E-state index contributed by atoms with van der Waals surface area (Å²) in [6.45, 7) is 6.67. The molecule has 0 aliphatic rings. The highest BCUT2D eigenvalue weighted by atomic mass is 32.1. The Hall–Kier alpha value is -3.84. The first-order valence-corrected chi connectivity index (χ1v) is 11.7. The summed E-state index contributed by atoms with van der Waals surface area (Å²) >= 11 is 1.57. The molecule has 0 aliphatic carbocycles. The molecule has 4 aromatic rings. The average molecular weight is 474 g/mol. The molecule has 2 heterocycles. The van der Waals surface area contributed by atoms with Crippen molar-refractivity contribution in [1.82, 2.24) is 14.9 Å². The van der Waals surface area contributed by atoms with Crippen LogP contribution in [-0.2, 0) is 6.54 Å². The maximum atomic E-state index is 12.8. The van der Waals surface area contributed by atoms with E-state index in [2.05, 4.69) is 16.5 Å². The summed E-state index contributed by atoms with van der Waals surface area (Å²) < 4.78 is 12.7. The molecule has 7 heteroatoms. The third-order valence-corrected chi connectivity index (χ3v) is 6.51. The number of hydrogen-bond acceptors (Lipinski definition) is 5. The van der Waals surface area contributed by atoms with E-state index in [0.29, 0.717) is 18.7 Å². The maximum absolute atomic E-state index is 12.8. The van der Waals surface area contributed by atoms with Crippen molar-refractivity contribution in [2.75, 3.05) is 20.8 Å². The predicted octanol–water partition coefficient (Wildman–Crippen LogP) is 5.57. The van der Waals surface area contributed by atoms with E-state index in [9.17, 15) is 4.79 Å². The number of hydrogen-bond donors (Lipinski definition) is 1. The maximum Gasteiger partial charge on any atom is 0.253 e. The van der Waals surface area contributed by atoms with Crippen molar-refractivity contribution in [3.05, 3.63) is 89.5 Å². The van der Waals surface area contributed by atoms with Crippen LogP contribution in [0.2, 0.25) is 0 Å². The van der Waals surface area contributed by atoms with Crippen LogP contribution in [0, 0.1) is 6.92 Å². The van der Waals surface area contributed by atoms with Gasteiger partial charge in [0.25, 0.3) is 5.91 Å². The van der Waals surface area contributed by atoms with Crippen LogP contribution < -0.4 is 14.8 Å². The highest BCUT2D eigenvalue weighted by Crippen LogP contribution is 2.32. The minimum Gasteiger partial charge on any atom is -0.497 e. The molecule has 0 aliphatic heterocycles. The topological polar surface area (TPSA) is 65.4 Å². The Morgan fingerprint density at radius 2 is 1.74 bits per heavy atom. The van der Waals surface area contributed by atoms with Crippen LogP contribution in [-0.4, -0.2) is 36.2 Å². The zero-order chi connectivity index (χ0) is 24.1. The van der Waals surface area contributed by atoms with Crippen molar-refractivity contribution in [2.24, 2.45) is 0 Å². The summed E-state index contributed by atoms with van der Waals surface area (Å²) in [4.78, 5) is 17.7. The van der Waals surface area contributed by atoms with Gasteiger partial charge in [-0.2, -0.15) is 0 Å². The van der Waals surface area contributed by atoms with Gasteiger partial charge in [0, 0.05) is 29.7 Å². The molecule has 4 rings (SSSR count). The normalized spacial score (nSPS) is 10.7. The summed E-state index contributed by atoms with van der Waals surface area (Å²) in [5.74, 6) is 1.48. The zero-order valence-corrected chi connectivity index (χ0v) is 20.3. The lowest BCUT2D eigenvalue weighted by Crippen LogP contribution is -2.23. The fourth-order valence-electron chi connectivity index (χ4n) is 3.72. The van der Waals surface area contributed by atoms with Crippen LogP contribution in [0.1, 0.15) is 21.6 Å². The Bertz CT molecular complexity index is 1290. The molecule has 0 atom stereocenters. The Balaban J connectivity index is 1.73. The number of aromatic nitrogens is 2. The second kappa shape index (κ2) is 10.4. The quantitative estimate of drug-likeness (QED) is 0.323. The Morgan fingerprint density at radius 1 is 1.09 bits per heavy atom. The molecule has 34 heavy (non-hydrogen) atoms. The van der Waals surface area contributed by atoms with Gasteiger partial charge in [-0.3, -0.25) is 4.79 Å². The van der Waals surface area contributed by atoms with Crippen molar-refractivity contribution < 1.29 is 14.3 Å². The lowest BCUT2D eigenvalue weighted by Gasteiger charge is -2.12. The summed E-state index contributed by atoms with van der Waals surface area (Å²) in [7, 11) is 3.30. The molecule has 0 saturated heterocycles. The minimum absolute atomic E-state index is 0.127. The van der Waals surface area contributed by atoms with Crippen LogP contribution in [0.3, 0.4) is 0 Å². The Kier molecular flexibility index (Phi) is 7.13. The van der Waals surface area contributed by atoms with Crippen molar-refractivity contribution in [3.8, 4) is 33.5 Å². The predicted molar refractivity (Wildman–Crippen MR) is 137 cm³/mol. The number of ether oxygens (including phenoxy) is 2. The van der Waals surface area contributed by atoms with Crippen LogP contribution in [0.5, 0.6) is 11.5 Å². The molecular weight excluding hydrogens is 446 g/mol. The molecule has 0 bridgehead atoms. The Labute approximate surface area is 203 Å². The fraction of sp³-hybridized carbons (Fsp3) is 0.185. The zero-order valence-electron chi connectivity index (χ0n) is 19.5. The molecule has 0 spiro atoms. The fourth-order valence-corrected chi connectivity index (χ4v) is 4.54. The number of amides is 1. The third kappa shape index (κ3) is 4.89. The van der Waals surface area contributed by atoms with Gasteiger partial charge in [0.05, 0.1) is 31.2 Å². The first-order valence-electron chi connectivity index (χ1n) is 10.9. The number of carbonyl (C=O) groups excluding carboxylic acids is 1. The smallest absolute Gasteiger partial charge is 0.253 e. The van der Waals surface area contributed by atoms with Crippen molar-refractivity contribution in [3.63, 3.8) is 0 Å². The minimum atomic E-state index is -0.127. The first kappa shape index (κ1) is 23.3. The van der Waals surface area contributed by atoms with E-state index in [1.807, 2.05) is 66.9 Å². The number of methoxy groups -OCH3 is 2. The number of rotatable bonds is 9. The molecule has 0 fully saturated rings. The van der Waals surface area contributed by atoms with E-state index in [1.54, 1.807) is 31.6 Å². The summed E-state index contributed by atoms with van der Waals surface area (Å²) in [6, 6.07) is 17.7. The van der Waals surface area contributed by atoms with Crippen LogP contribution in [0.25, 0.3) is 22.0 Å². The largest absolute Gasteiger partial charge is 0.497 e. The van der Waals surface area contributed by atoms with Gasteiger partial charge in [-0.05, 0) is 55.0 Å². The van der Waals surface area contributed by atoms with Gasteiger partial charge in [0.2, 0.25) is 0 Å². The molecule has 2 aromatic heterocycles. The number of carbonyl (C=O) groups is 1. The second-order valence-electron chi connectivity index (χ2n) is 7.73. The molecule has 174 valence electrons. The third-order valence-electron chi connectivity index (χ3n) is 5.62. The van der Waals surface area contributed by atoms with E-state index in [0.717, 1.165) is 44.7 Å². The molecule has 1 N–H and O–H groups in total. The van der Waals surface area contributed by atoms with Gasteiger partial charge < -0.3 is 19.4 Å². The summed E-state index contributed by atoms with van der Waals surface area (Å²) in [6.07, 6.45) is 1.67. The molecule has 0 saturated carbocycles. The van der Waals surface area contributed by atoms with Gasteiger partial charge in [0.15, 0.2) is 0 Å². The highest BCUT2D eigenvalue weighted by molar-refractivity contribution is 7.13. The van der Waals surface area contributed by atoms with Gasteiger partial charge in [-0.1, -0.05) is 18.2 Å². The standard InChI is InChI=1S/C27H27N3O3S/c1-5-14-28-26(31)23-15-25(30(18(23)2)16-19-6-10-21(32-3)11-7-19)24-17-34-27(29-24)20-8-12-22(33-4)13-9-20/h5-13,15,17H,1,14,16H2,2-4H3,(H,28,31). The van der Waals surface area contributed by atoms with E-state index in [-0.39, 0.29) is 5.91 Å². The van der Waals surface area contributed by atoms with Gasteiger partial charge >= 0.3 is 0 Å². The monoisotopic (exact) mass is 473 g/mol. The van der Waals surface area contributed by atoms with E-state index in [4.69, 9.17) is 14.5 Å². The number of benzene rings is 2. The summed E-state index contributed by atoms with van der Waals surface area (Å²) in [5, 5.41) is 5.83. The molecule has 0 radical (unpaired) electrons. The van der Waals surface area contributed by atoms with Gasteiger partial charge in [-0.15, -0.1) is 17.9 Å². The number of thiazole rings is 1. The van der Waals surface area contributed by atoms with Crippen LogP contribution in [0.4, 0.5) is 0 Å².